The van der Waals surface area contributed by atoms with Crippen molar-refractivity contribution < 1.29 is 64.6 Å². The van der Waals surface area contributed by atoms with E-state index in [0.717, 1.165) is 77.0 Å². The molecule has 14 nitrogen and oxygen atoms in total. The zero-order valence-electron chi connectivity index (χ0n) is 54.1. The zero-order valence-corrected chi connectivity index (χ0v) is 54.1. The maximum atomic E-state index is 13.3. The van der Waals surface area contributed by atoms with Gasteiger partial charge in [-0.3, -0.25) is 4.79 Å². The van der Waals surface area contributed by atoms with Crippen molar-refractivity contribution in [2.75, 3.05) is 19.8 Å². The number of carbonyl (C=O) groups excluding carboxylic acids is 1. The number of hydrogen-bond donors (Lipinski definition) is 9. The fourth-order valence-electron chi connectivity index (χ4n) is 11.7. The molecule has 1 amide bonds. The highest BCUT2D eigenvalue weighted by atomic mass is 16.7. The monoisotopic (exact) mass is 1210 g/mol. The molecule has 2 aliphatic rings. The van der Waals surface area contributed by atoms with Gasteiger partial charge in [-0.15, -0.1) is 0 Å². The van der Waals surface area contributed by atoms with Crippen LogP contribution >= 0.6 is 0 Å². The Morgan fingerprint density at radius 1 is 0.435 bits per heavy atom. The molecule has 0 radical (unpaired) electrons. The van der Waals surface area contributed by atoms with Crippen LogP contribution in [0, 0.1) is 0 Å². The lowest BCUT2D eigenvalue weighted by atomic mass is 9.97. The molecule has 0 bridgehead atoms. The van der Waals surface area contributed by atoms with Gasteiger partial charge in [-0.25, -0.2) is 0 Å². The second-order valence-corrected chi connectivity index (χ2v) is 25.0. The predicted molar refractivity (Wildman–Crippen MR) is 346 cm³/mol. The summed E-state index contributed by atoms with van der Waals surface area (Å²) in [7, 11) is 0. The Kier molecular flexibility index (Phi) is 52.1. The summed E-state index contributed by atoms with van der Waals surface area (Å²) < 4.78 is 22.9. The van der Waals surface area contributed by atoms with Gasteiger partial charge >= 0.3 is 0 Å². The minimum Gasteiger partial charge on any atom is -0.394 e. The minimum absolute atomic E-state index is 0.212. The normalized spacial score (nSPS) is 23.8. The van der Waals surface area contributed by atoms with Gasteiger partial charge in [0.15, 0.2) is 12.6 Å². The molecule has 0 aromatic heterocycles. The largest absolute Gasteiger partial charge is 0.394 e. The van der Waals surface area contributed by atoms with Crippen LogP contribution in [0.2, 0.25) is 0 Å². The molecule has 12 atom stereocenters. The molecule has 0 spiro atoms. The number of aliphatic hydroxyl groups excluding tert-OH is 8. The van der Waals surface area contributed by atoms with E-state index in [2.05, 4.69) is 67.8 Å². The molecule has 85 heavy (non-hydrogen) atoms. The predicted octanol–water partition coefficient (Wildman–Crippen LogP) is 14.3. The maximum absolute atomic E-state index is 13.3. The van der Waals surface area contributed by atoms with E-state index in [0.29, 0.717) is 19.3 Å². The molecule has 0 aliphatic carbocycles. The highest BCUT2D eigenvalue weighted by Crippen LogP contribution is 2.30. The molecule has 9 N–H and O–H groups in total. The maximum Gasteiger partial charge on any atom is 0.220 e. The lowest BCUT2D eigenvalue weighted by Gasteiger charge is -2.46. The topological polar surface area (TPSA) is 228 Å². The SMILES string of the molecule is CC/C=C\C/C=C\C/C=C\C/C=C\CCCCCCCCCCC(=O)NC(COC1OC(CO)C(OC2OC(CO)C(O)C(O)C2O)C(O)C1O)C(O)CCCCCCCCCCCCCCCCCCCCCCCCCCCCCCCC. The number of allylic oxidation sites excluding steroid dienone is 8. The van der Waals surface area contributed by atoms with Crippen LogP contribution in [0.4, 0.5) is 0 Å². The number of unbranched alkanes of at least 4 members (excludes halogenated alkanes) is 37. The van der Waals surface area contributed by atoms with E-state index in [1.807, 2.05) is 0 Å². The molecule has 0 saturated carbocycles. The molecule has 12 unspecified atom stereocenters. The number of aliphatic hydroxyl groups is 8. The van der Waals surface area contributed by atoms with Gasteiger partial charge in [0.1, 0.15) is 48.8 Å². The summed E-state index contributed by atoms with van der Waals surface area (Å²) in [5, 5.41) is 87.6. The lowest BCUT2D eigenvalue weighted by Crippen LogP contribution is -2.65. The third-order valence-corrected chi connectivity index (χ3v) is 17.3. The summed E-state index contributed by atoms with van der Waals surface area (Å²) >= 11 is 0. The first kappa shape index (κ1) is 79.0. The molecular formula is C71H131NO13. The summed E-state index contributed by atoms with van der Waals surface area (Å²) in [5.74, 6) is -0.212. The van der Waals surface area contributed by atoms with Crippen LogP contribution in [0.5, 0.6) is 0 Å². The molecule has 2 heterocycles. The molecule has 2 rings (SSSR count). The summed E-state index contributed by atoms with van der Waals surface area (Å²) in [5.41, 5.74) is 0. The summed E-state index contributed by atoms with van der Waals surface area (Å²) in [4.78, 5) is 13.3. The number of hydrogen-bond acceptors (Lipinski definition) is 13. The van der Waals surface area contributed by atoms with Crippen LogP contribution in [0.1, 0.15) is 303 Å². The van der Waals surface area contributed by atoms with E-state index in [1.165, 1.54) is 193 Å². The standard InChI is InChI=1S/C71H131NO13/c1-3-5-7-9-11-13-15-17-19-21-23-25-26-27-28-29-30-31-32-33-35-36-38-40-42-44-46-48-50-52-54-60(75)59(58-82-70-68(81)66(79)69(62(57-74)84-70)85-71-67(80)65(78)64(77)61(56-73)83-71)72-63(76)55-53-51-49-47-45-43-41-39-37-34-24-22-20-18-16-14-12-10-8-6-4-2/h6,8,12,14,18,20,24,34,59-62,64-71,73-75,77-81H,3-5,7,9-11,13,15-17,19,21-23,25-33,35-58H2,1-2H3,(H,72,76)/b8-6-,14-12-,20-18-,34-24-. The Morgan fingerprint density at radius 2 is 0.812 bits per heavy atom. The average molecular weight is 1210 g/mol. The first-order valence-corrected chi connectivity index (χ1v) is 35.4. The van der Waals surface area contributed by atoms with Crippen LogP contribution in [0.15, 0.2) is 48.6 Å². The van der Waals surface area contributed by atoms with Crippen molar-refractivity contribution in [2.45, 2.75) is 376 Å². The number of amides is 1. The molecule has 0 aromatic rings. The van der Waals surface area contributed by atoms with Crippen LogP contribution in [-0.4, -0.2) is 140 Å². The number of nitrogens with one attached hydrogen (secondary N) is 1. The van der Waals surface area contributed by atoms with Crippen LogP contribution in [0.25, 0.3) is 0 Å². The van der Waals surface area contributed by atoms with E-state index in [1.54, 1.807) is 0 Å². The lowest BCUT2D eigenvalue weighted by molar-refractivity contribution is -0.359. The van der Waals surface area contributed by atoms with Gasteiger partial charge in [-0.05, 0) is 51.4 Å². The second kappa shape index (κ2) is 56.0. The van der Waals surface area contributed by atoms with Crippen LogP contribution in [0.3, 0.4) is 0 Å². The fourth-order valence-corrected chi connectivity index (χ4v) is 11.7. The van der Waals surface area contributed by atoms with E-state index >= 15 is 0 Å². The van der Waals surface area contributed by atoms with Crippen molar-refractivity contribution >= 4 is 5.91 Å². The van der Waals surface area contributed by atoms with Crippen molar-refractivity contribution in [1.82, 2.24) is 5.32 Å². The van der Waals surface area contributed by atoms with Crippen molar-refractivity contribution in [3.8, 4) is 0 Å². The van der Waals surface area contributed by atoms with Gasteiger partial charge in [0.25, 0.3) is 0 Å². The third-order valence-electron chi connectivity index (χ3n) is 17.3. The molecule has 2 fully saturated rings. The summed E-state index contributed by atoms with van der Waals surface area (Å²) in [6.07, 6.45) is 55.6. The Hall–Kier alpha value is -2.05. The number of ether oxygens (including phenoxy) is 4. The van der Waals surface area contributed by atoms with Crippen molar-refractivity contribution in [2.24, 2.45) is 0 Å². The summed E-state index contributed by atoms with van der Waals surface area (Å²) in [6.45, 7) is 2.78. The van der Waals surface area contributed by atoms with Gasteiger partial charge in [0.05, 0.1) is 32.0 Å². The Balaban J connectivity index is 1.66. The highest BCUT2D eigenvalue weighted by Gasteiger charge is 2.51. The van der Waals surface area contributed by atoms with Gasteiger partial charge in [0, 0.05) is 6.42 Å². The molecule has 0 aromatic carbocycles. The van der Waals surface area contributed by atoms with E-state index in [9.17, 15) is 45.6 Å². The third kappa shape index (κ3) is 40.3. The van der Waals surface area contributed by atoms with Crippen molar-refractivity contribution in [3.63, 3.8) is 0 Å². The number of rotatable bonds is 58. The van der Waals surface area contributed by atoms with E-state index in [4.69, 9.17) is 18.9 Å². The minimum atomic E-state index is -1.79. The summed E-state index contributed by atoms with van der Waals surface area (Å²) in [6, 6.07) is -0.837. The Morgan fingerprint density at radius 3 is 1.25 bits per heavy atom. The van der Waals surface area contributed by atoms with Gasteiger partial charge < -0.3 is 65.1 Å². The van der Waals surface area contributed by atoms with Crippen molar-refractivity contribution in [1.29, 1.82) is 0 Å². The van der Waals surface area contributed by atoms with E-state index in [-0.39, 0.29) is 12.5 Å². The van der Waals surface area contributed by atoms with Crippen molar-refractivity contribution in [3.05, 3.63) is 48.6 Å². The quantitative estimate of drug-likeness (QED) is 0.0204. The van der Waals surface area contributed by atoms with Gasteiger partial charge in [0.2, 0.25) is 5.91 Å². The van der Waals surface area contributed by atoms with Crippen LogP contribution in [-0.2, 0) is 23.7 Å². The molecule has 2 saturated heterocycles. The second-order valence-electron chi connectivity index (χ2n) is 25.0. The average Bonchev–Trinajstić information content (AvgIpc) is 3.69. The molecule has 14 heteroatoms. The van der Waals surface area contributed by atoms with E-state index < -0.39 is 86.8 Å². The Bertz CT molecular complexity index is 1610. The molecular weight excluding hydrogens is 1070 g/mol. The molecule has 498 valence electrons. The van der Waals surface area contributed by atoms with Gasteiger partial charge in [-0.2, -0.15) is 0 Å². The fraction of sp³-hybridized carbons (Fsp3) is 0.873. The first-order chi connectivity index (χ1) is 41.6. The molecule has 2 aliphatic heterocycles. The zero-order chi connectivity index (χ0) is 61.6. The first-order valence-electron chi connectivity index (χ1n) is 35.4. The Labute approximate surface area is 518 Å². The van der Waals surface area contributed by atoms with Gasteiger partial charge in [-0.1, -0.05) is 294 Å². The number of carbonyl (C=O) groups is 1. The van der Waals surface area contributed by atoms with Crippen LogP contribution < -0.4 is 5.32 Å². The smallest absolute Gasteiger partial charge is 0.220 e. The highest BCUT2D eigenvalue weighted by molar-refractivity contribution is 5.76.